The van der Waals surface area contributed by atoms with E-state index in [0.717, 1.165) is 4.31 Å². The van der Waals surface area contributed by atoms with Crippen molar-refractivity contribution >= 4 is 67.5 Å². The van der Waals surface area contributed by atoms with E-state index in [0.29, 0.717) is 16.3 Å². The summed E-state index contributed by atoms with van der Waals surface area (Å²) in [7, 11) is -4.43. The molecular formula is C27H20Cl2N2O7S. The average Bonchev–Trinajstić information content (AvgIpc) is 2.89. The second-order valence-corrected chi connectivity index (χ2v) is 11.1. The molecule has 0 unspecified atom stereocenters. The first-order chi connectivity index (χ1) is 18.5. The molecule has 0 radical (unpaired) electrons. The van der Waals surface area contributed by atoms with Crippen LogP contribution in [0.3, 0.4) is 0 Å². The maximum atomic E-state index is 13.6. The van der Waals surface area contributed by atoms with E-state index >= 15 is 0 Å². The van der Waals surface area contributed by atoms with Crippen LogP contribution in [0, 0.1) is 0 Å². The smallest absolute Gasteiger partial charge is 0.335 e. The second kappa shape index (κ2) is 11.3. The van der Waals surface area contributed by atoms with Gasteiger partial charge in [-0.3, -0.25) is 13.9 Å². The Morgan fingerprint density at radius 2 is 1.44 bits per heavy atom. The molecule has 0 bridgehead atoms. The van der Waals surface area contributed by atoms with E-state index in [1.165, 1.54) is 42.5 Å². The number of carbonyl (C=O) groups excluding carboxylic acids is 1. The van der Waals surface area contributed by atoms with Gasteiger partial charge in [0.15, 0.2) is 0 Å². The number of nitrogens with one attached hydrogen (secondary N) is 1. The van der Waals surface area contributed by atoms with Crippen molar-refractivity contribution in [2.45, 2.75) is 11.4 Å². The number of aliphatic carboxylic acids is 1. The topological polar surface area (TPSA) is 141 Å². The molecular weight excluding hydrogens is 567 g/mol. The van der Waals surface area contributed by atoms with E-state index in [-0.39, 0.29) is 38.3 Å². The summed E-state index contributed by atoms with van der Waals surface area (Å²) in [5.41, 5.74) is 1.07. The van der Waals surface area contributed by atoms with Crippen molar-refractivity contribution in [1.82, 2.24) is 5.32 Å². The average molecular weight is 587 g/mol. The number of benzene rings is 4. The quantitative estimate of drug-likeness (QED) is 0.249. The normalized spacial score (nSPS) is 11.2. The molecule has 0 saturated carbocycles. The summed E-state index contributed by atoms with van der Waals surface area (Å²) in [6.07, 6.45) is 0. The van der Waals surface area contributed by atoms with Gasteiger partial charge in [-0.2, -0.15) is 0 Å². The number of sulfonamides is 1. The first-order valence-electron chi connectivity index (χ1n) is 11.3. The van der Waals surface area contributed by atoms with Crippen molar-refractivity contribution in [1.29, 1.82) is 0 Å². The van der Waals surface area contributed by atoms with E-state index in [4.69, 9.17) is 28.3 Å². The van der Waals surface area contributed by atoms with E-state index < -0.39 is 34.4 Å². The van der Waals surface area contributed by atoms with Crippen LogP contribution in [0.4, 0.5) is 5.69 Å². The van der Waals surface area contributed by atoms with Crippen LogP contribution in [-0.2, 0) is 21.4 Å². The number of fused-ring (bicyclic) bond motifs is 1. The highest BCUT2D eigenvalue weighted by molar-refractivity contribution is 7.93. The molecule has 4 rings (SSSR count). The van der Waals surface area contributed by atoms with Gasteiger partial charge in [0.2, 0.25) is 0 Å². The number of carbonyl (C=O) groups is 3. The van der Waals surface area contributed by atoms with Gasteiger partial charge in [-0.1, -0.05) is 59.6 Å². The molecule has 3 N–H and O–H groups in total. The number of hydrogen-bond acceptors (Lipinski definition) is 5. The fourth-order valence-electron chi connectivity index (χ4n) is 3.98. The Kier molecular flexibility index (Phi) is 8.10. The Labute approximate surface area is 233 Å². The number of hydrogen-bond donors (Lipinski definition) is 3. The summed E-state index contributed by atoms with van der Waals surface area (Å²) in [5.74, 6) is -2.92. The molecule has 0 saturated heterocycles. The van der Waals surface area contributed by atoms with Crippen LogP contribution in [-0.4, -0.2) is 43.0 Å². The van der Waals surface area contributed by atoms with Gasteiger partial charge in [0.25, 0.3) is 15.9 Å². The molecule has 0 heterocycles. The minimum atomic E-state index is -4.43. The number of halogens is 2. The number of amides is 1. The van der Waals surface area contributed by atoms with Crippen molar-refractivity contribution in [2.75, 3.05) is 10.8 Å². The summed E-state index contributed by atoms with van der Waals surface area (Å²) < 4.78 is 27.9. The zero-order valence-electron chi connectivity index (χ0n) is 20.0. The third-order valence-corrected chi connectivity index (χ3v) is 7.94. The maximum absolute atomic E-state index is 13.6. The molecule has 0 aliphatic carbocycles. The van der Waals surface area contributed by atoms with Crippen LogP contribution >= 0.6 is 23.2 Å². The molecule has 9 nitrogen and oxygen atoms in total. The van der Waals surface area contributed by atoms with E-state index in [1.54, 1.807) is 36.4 Å². The largest absolute Gasteiger partial charge is 0.480 e. The summed E-state index contributed by atoms with van der Waals surface area (Å²) >= 11 is 12.0. The standard InChI is InChI=1S/C27H20Cl2N2O7S/c28-18-11-19(29)13-20(12-18)39(37,38)31(15-25(32)33)24-6-2-3-21-22(24)4-1-5-23(21)26(34)30-14-16-7-9-17(10-8-16)27(35)36/h1-13H,14-15H2,(H,30,34)(H,32,33)(H,35,36). The molecule has 39 heavy (non-hydrogen) atoms. The first kappa shape index (κ1) is 27.9. The van der Waals surface area contributed by atoms with Crippen molar-refractivity contribution in [2.24, 2.45) is 0 Å². The van der Waals surface area contributed by atoms with Crippen molar-refractivity contribution in [3.63, 3.8) is 0 Å². The van der Waals surface area contributed by atoms with Crippen LogP contribution in [0.5, 0.6) is 0 Å². The molecule has 4 aromatic rings. The summed E-state index contributed by atoms with van der Waals surface area (Å²) in [6, 6.07) is 19.0. The predicted molar refractivity (Wildman–Crippen MR) is 147 cm³/mol. The van der Waals surface area contributed by atoms with Gasteiger partial charge in [0, 0.05) is 27.5 Å². The Bertz CT molecular complexity index is 1690. The molecule has 0 atom stereocenters. The van der Waals surface area contributed by atoms with Gasteiger partial charge < -0.3 is 15.5 Å². The van der Waals surface area contributed by atoms with E-state index in [2.05, 4.69) is 5.32 Å². The highest BCUT2D eigenvalue weighted by Crippen LogP contribution is 2.34. The number of carboxylic acids is 2. The number of aromatic carboxylic acids is 1. The molecule has 200 valence electrons. The lowest BCUT2D eigenvalue weighted by atomic mass is 10.0. The lowest BCUT2D eigenvalue weighted by molar-refractivity contribution is -0.135. The van der Waals surface area contributed by atoms with Gasteiger partial charge in [-0.25, -0.2) is 13.2 Å². The van der Waals surface area contributed by atoms with Gasteiger partial charge >= 0.3 is 11.9 Å². The predicted octanol–water partition coefficient (Wildman–Crippen LogP) is 5.05. The number of carboxylic acid groups (broad SMARTS) is 2. The zero-order chi connectivity index (χ0) is 28.3. The molecule has 0 fully saturated rings. The number of rotatable bonds is 9. The van der Waals surface area contributed by atoms with Crippen molar-refractivity contribution in [3.8, 4) is 0 Å². The fourth-order valence-corrected chi connectivity index (χ4v) is 6.14. The van der Waals surface area contributed by atoms with Crippen LogP contribution in [0.25, 0.3) is 10.8 Å². The van der Waals surface area contributed by atoms with E-state index in [9.17, 15) is 27.9 Å². The molecule has 12 heteroatoms. The molecule has 0 aliphatic rings. The molecule has 4 aromatic carbocycles. The Morgan fingerprint density at radius 1 is 0.821 bits per heavy atom. The lowest BCUT2D eigenvalue weighted by Crippen LogP contribution is -2.36. The molecule has 0 aromatic heterocycles. The number of nitrogens with zero attached hydrogens (tertiary/aromatic N) is 1. The summed E-state index contributed by atoms with van der Waals surface area (Å²) in [4.78, 5) is 35.6. The van der Waals surface area contributed by atoms with Gasteiger partial charge in [-0.15, -0.1) is 0 Å². The summed E-state index contributed by atoms with van der Waals surface area (Å²) in [5, 5.41) is 22.2. The van der Waals surface area contributed by atoms with Gasteiger partial charge in [0.05, 0.1) is 16.1 Å². The monoisotopic (exact) mass is 586 g/mol. The molecule has 0 aliphatic heterocycles. The second-order valence-electron chi connectivity index (χ2n) is 8.37. The highest BCUT2D eigenvalue weighted by Gasteiger charge is 2.29. The van der Waals surface area contributed by atoms with Crippen molar-refractivity contribution < 1.29 is 33.0 Å². The van der Waals surface area contributed by atoms with E-state index in [1.807, 2.05) is 0 Å². The molecule has 1 amide bonds. The minimum Gasteiger partial charge on any atom is -0.480 e. The van der Waals surface area contributed by atoms with Crippen LogP contribution in [0.2, 0.25) is 10.0 Å². The maximum Gasteiger partial charge on any atom is 0.335 e. The Morgan fingerprint density at radius 3 is 2.05 bits per heavy atom. The van der Waals surface area contributed by atoms with Gasteiger partial charge in [0.1, 0.15) is 6.54 Å². The number of anilines is 1. The van der Waals surface area contributed by atoms with Gasteiger partial charge in [-0.05, 0) is 53.4 Å². The Balaban J connectivity index is 1.72. The lowest BCUT2D eigenvalue weighted by Gasteiger charge is -2.25. The third kappa shape index (κ3) is 6.14. The van der Waals surface area contributed by atoms with Crippen LogP contribution < -0.4 is 9.62 Å². The Hall–Kier alpha value is -4.12. The SMILES string of the molecule is O=C(O)CN(c1cccc2c(C(=O)NCc3ccc(C(=O)O)cc3)cccc12)S(=O)(=O)c1cc(Cl)cc(Cl)c1. The van der Waals surface area contributed by atoms with Crippen molar-refractivity contribution in [3.05, 3.63) is 106 Å². The fraction of sp³-hybridized carbons (Fsp3) is 0.0741. The summed E-state index contributed by atoms with van der Waals surface area (Å²) in [6.45, 7) is -0.780. The highest BCUT2D eigenvalue weighted by atomic mass is 35.5. The van der Waals surface area contributed by atoms with Crippen LogP contribution in [0.1, 0.15) is 26.3 Å². The molecule has 0 spiro atoms. The minimum absolute atomic E-state index is 0.0462. The zero-order valence-corrected chi connectivity index (χ0v) is 22.3. The third-order valence-electron chi connectivity index (χ3n) is 5.77. The van der Waals surface area contributed by atoms with Crippen LogP contribution in [0.15, 0.2) is 83.8 Å². The first-order valence-corrected chi connectivity index (χ1v) is 13.5.